The molecule has 1 heterocycles. The standard InChI is InChI=1S/C15H17BrN2O2S/c1-9-6-12(7-10(2)14(9)16)18-15-17-11(8-21-15)4-5-13(19)20-3/h6-8H,4-5H2,1-3H3,(H,17,18). The van der Waals surface area contributed by atoms with Gasteiger partial charge in [0, 0.05) is 22.0 Å². The van der Waals surface area contributed by atoms with Gasteiger partial charge in [-0.1, -0.05) is 15.9 Å². The number of esters is 1. The van der Waals surface area contributed by atoms with E-state index in [1.165, 1.54) is 29.6 Å². The van der Waals surface area contributed by atoms with Crippen molar-refractivity contribution >= 4 is 44.1 Å². The smallest absolute Gasteiger partial charge is 0.305 e. The number of hydrogen-bond acceptors (Lipinski definition) is 5. The number of anilines is 2. The second kappa shape index (κ2) is 7.04. The molecule has 0 aliphatic rings. The van der Waals surface area contributed by atoms with Crippen LogP contribution in [0, 0.1) is 13.8 Å². The van der Waals surface area contributed by atoms with Crippen molar-refractivity contribution in [2.24, 2.45) is 0 Å². The maximum absolute atomic E-state index is 11.1. The first-order chi connectivity index (χ1) is 9.99. The first-order valence-electron chi connectivity index (χ1n) is 6.54. The van der Waals surface area contributed by atoms with Crippen molar-refractivity contribution in [2.75, 3.05) is 12.4 Å². The van der Waals surface area contributed by atoms with E-state index in [1.807, 2.05) is 5.38 Å². The number of aromatic nitrogens is 1. The number of halogens is 1. The van der Waals surface area contributed by atoms with E-state index in [4.69, 9.17) is 0 Å². The average molecular weight is 369 g/mol. The van der Waals surface area contributed by atoms with Gasteiger partial charge in [-0.25, -0.2) is 4.98 Å². The van der Waals surface area contributed by atoms with Crippen LogP contribution in [0.1, 0.15) is 23.2 Å². The Balaban J connectivity index is 2.04. The fourth-order valence-corrected chi connectivity index (χ4v) is 2.95. The zero-order chi connectivity index (χ0) is 15.4. The van der Waals surface area contributed by atoms with Crippen molar-refractivity contribution in [2.45, 2.75) is 26.7 Å². The van der Waals surface area contributed by atoms with Crippen LogP contribution in [0.15, 0.2) is 22.0 Å². The van der Waals surface area contributed by atoms with Crippen LogP contribution in [0.2, 0.25) is 0 Å². The van der Waals surface area contributed by atoms with Gasteiger partial charge >= 0.3 is 5.97 Å². The number of hydrogen-bond donors (Lipinski definition) is 1. The normalized spacial score (nSPS) is 10.5. The topological polar surface area (TPSA) is 51.2 Å². The van der Waals surface area contributed by atoms with Crippen LogP contribution >= 0.6 is 27.3 Å². The number of carbonyl (C=O) groups excluding carboxylic acids is 1. The van der Waals surface area contributed by atoms with Crippen molar-refractivity contribution in [3.8, 4) is 0 Å². The third-order valence-electron chi connectivity index (χ3n) is 3.05. The van der Waals surface area contributed by atoms with E-state index in [0.29, 0.717) is 12.8 Å². The van der Waals surface area contributed by atoms with Crippen LogP contribution in [0.25, 0.3) is 0 Å². The summed E-state index contributed by atoms with van der Waals surface area (Å²) in [4.78, 5) is 15.6. The quantitative estimate of drug-likeness (QED) is 0.795. The molecule has 0 atom stereocenters. The lowest BCUT2D eigenvalue weighted by molar-refractivity contribution is -0.140. The molecule has 0 aliphatic heterocycles. The Labute approximate surface area is 136 Å². The number of aryl methyl sites for hydroxylation is 3. The number of nitrogens with zero attached hydrogens (tertiary/aromatic N) is 1. The minimum Gasteiger partial charge on any atom is -0.469 e. The molecular formula is C15H17BrN2O2S. The zero-order valence-corrected chi connectivity index (χ0v) is 14.6. The van der Waals surface area contributed by atoms with Crippen LogP contribution in [-0.2, 0) is 16.0 Å². The van der Waals surface area contributed by atoms with E-state index in [-0.39, 0.29) is 5.97 Å². The van der Waals surface area contributed by atoms with Crippen LogP contribution < -0.4 is 5.32 Å². The number of nitrogens with one attached hydrogen (secondary N) is 1. The molecule has 0 saturated heterocycles. The molecule has 2 rings (SSSR count). The molecule has 1 aromatic heterocycles. The number of carbonyl (C=O) groups is 1. The molecule has 0 spiro atoms. The van der Waals surface area contributed by atoms with Crippen molar-refractivity contribution in [1.82, 2.24) is 4.98 Å². The first kappa shape index (κ1) is 16.0. The molecule has 112 valence electrons. The summed E-state index contributed by atoms with van der Waals surface area (Å²) in [7, 11) is 1.40. The molecule has 0 unspecified atom stereocenters. The summed E-state index contributed by atoms with van der Waals surface area (Å²) in [5, 5.41) is 6.10. The van der Waals surface area contributed by atoms with Gasteiger partial charge in [0.1, 0.15) is 0 Å². The third-order valence-corrected chi connectivity index (χ3v) is 5.11. The van der Waals surface area contributed by atoms with E-state index in [0.717, 1.165) is 21.0 Å². The molecule has 21 heavy (non-hydrogen) atoms. The predicted molar refractivity (Wildman–Crippen MR) is 89.3 cm³/mol. The van der Waals surface area contributed by atoms with Crippen molar-refractivity contribution < 1.29 is 9.53 Å². The molecule has 1 aromatic carbocycles. The van der Waals surface area contributed by atoms with Crippen LogP contribution in [-0.4, -0.2) is 18.1 Å². The molecule has 0 fully saturated rings. The minimum absolute atomic E-state index is 0.211. The lowest BCUT2D eigenvalue weighted by atomic mass is 10.1. The highest BCUT2D eigenvalue weighted by Crippen LogP contribution is 2.28. The molecular weight excluding hydrogens is 352 g/mol. The average Bonchev–Trinajstić information content (AvgIpc) is 2.89. The van der Waals surface area contributed by atoms with Gasteiger partial charge in [-0.15, -0.1) is 11.3 Å². The van der Waals surface area contributed by atoms with Gasteiger partial charge in [-0.2, -0.15) is 0 Å². The monoisotopic (exact) mass is 368 g/mol. The Morgan fingerprint density at radius 3 is 2.67 bits per heavy atom. The Hall–Kier alpha value is -1.40. The number of thiazole rings is 1. The second-order valence-corrected chi connectivity index (χ2v) is 6.42. The summed E-state index contributed by atoms with van der Waals surface area (Å²) in [6.07, 6.45) is 0.958. The maximum Gasteiger partial charge on any atom is 0.305 e. The summed E-state index contributed by atoms with van der Waals surface area (Å²) in [5.74, 6) is -0.211. The summed E-state index contributed by atoms with van der Waals surface area (Å²) in [6, 6.07) is 4.15. The fourth-order valence-electron chi connectivity index (χ4n) is 1.95. The van der Waals surface area contributed by atoms with Crippen molar-refractivity contribution in [3.05, 3.63) is 38.8 Å². The lowest BCUT2D eigenvalue weighted by Crippen LogP contribution is -2.02. The van der Waals surface area contributed by atoms with E-state index in [1.54, 1.807) is 0 Å². The van der Waals surface area contributed by atoms with Crippen molar-refractivity contribution in [1.29, 1.82) is 0 Å². The molecule has 0 amide bonds. The lowest BCUT2D eigenvalue weighted by Gasteiger charge is -2.08. The Kier molecular flexibility index (Phi) is 5.36. The SMILES string of the molecule is COC(=O)CCc1csc(Nc2cc(C)c(Br)c(C)c2)n1. The Bertz CT molecular complexity index is 632. The molecule has 0 aliphatic carbocycles. The van der Waals surface area contributed by atoms with Crippen LogP contribution in [0.5, 0.6) is 0 Å². The summed E-state index contributed by atoms with van der Waals surface area (Å²) in [6.45, 7) is 4.12. The minimum atomic E-state index is -0.211. The Morgan fingerprint density at radius 2 is 2.05 bits per heavy atom. The number of methoxy groups -OCH3 is 1. The molecule has 4 nitrogen and oxygen atoms in total. The third kappa shape index (κ3) is 4.28. The summed E-state index contributed by atoms with van der Waals surface area (Å²) in [5.41, 5.74) is 4.28. The van der Waals surface area contributed by atoms with Gasteiger partial charge in [0.05, 0.1) is 19.2 Å². The largest absolute Gasteiger partial charge is 0.469 e. The van der Waals surface area contributed by atoms with E-state index in [2.05, 4.69) is 56.9 Å². The molecule has 0 bridgehead atoms. The van der Waals surface area contributed by atoms with Gasteiger partial charge in [0.25, 0.3) is 0 Å². The number of benzene rings is 1. The summed E-state index contributed by atoms with van der Waals surface area (Å²) < 4.78 is 5.76. The molecule has 1 N–H and O–H groups in total. The number of ether oxygens (including phenoxy) is 1. The van der Waals surface area contributed by atoms with E-state index >= 15 is 0 Å². The Morgan fingerprint density at radius 1 is 1.38 bits per heavy atom. The van der Waals surface area contributed by atoms with E-state index < -0.39 is 0 Å². The highest BCUT2D eigenvalue weighted by Gasteiger charge is 2.07. The number of rotatable bonds is 5. The van der Waals surface area contributed by atoms with Gasteiger partial charge < -0.3 is 10.1 Å². The van der Waals surface area contributed by atoms with Crippen LogP contribution in [0.4, 0.5) is 10.8 Å². The second-order valence-electron chi connectivity index (χ2n) is 4.77. The van der Waals surface area contributed by atoms with Crippen molar-refractivity contribution in [3.63, 3.8) is 0 Å². The predicted octanol–water partition coefficient (Wildman–Crippen LogP) is 4.37. The van der Waals surface area contributed by atoms with Crippen LogP contribution in [0.3, 0.4) is 0 Å². The highest BCUT2D eigenvalue weighted by molar-refractivity contribution is 9.10. The molecule has 0 saturated carbocycles. The van der Waals surface area contributed by atoms with E-state index in [9.17, 15) is 4.79 Å². The highest BCUT2D eigenvalue weighted by atomic mass is 79.9. The fraction of sp³-hybridized carbons (Fsp3) is 0.333. The van der Waals surface area contributed by atoms with Gasteiger partial charge in [0.2, 0.25) is 0 Å². The molecule has 0 radical (unpaired) electrons. The zero-order valence-electron chi connectivity index (χ0n) is 12.2. The van der Waals surface area contributed by atoms with Gasteiger partial charge in [-0.3, -0.25) is 4.79 Å². The molecule has 2 aromatic rings. The molecule has 6 heteroatoms. The summed E-state index contributed by atoms with van der Waals surface area (Å²) >= 11 is 5.09. The van der Waals surface area contributed by atoms with Gasteiger partial charge in [0.15, 0.2) is 5.13 Å². The first-order valence-corrected chi connectivity index (χ1v) is 8.22. The maximum atomic E-state index is 11.1. The van der Waals surface area contributed by atoms with Gasteiger partial charge in [-0.05, 0) is 37.1 Å².